The average molecular weight is 1490 g/mol. The Labute approximate surface area is 626 Å². The molecule has 0 fully saturated rings. The summed E-state index contributed by atoms with van der Waals surface area (Å²) in [5, 5.41) is 10.7. The SMILES string of the molecule is CCCCCCCCCCCCCCCCCCCCCCCC(=O)O[C@H](COC(=O)CCCCCCCCCCCCCCCCC(C)CC)COP(=O)(O)OC[C@@H](O)COP(=O)(O)OC[C@@H](COC(=O)CCCCCCCCCCC(C)C)OC(=O)CCCCCCCCCCC(C)CC. The Kier molecular flexibility index (Phi) is 71.8. The lowest BCUT2D eigenvalue weighted by Gasteiger charge is -2.21. The molecule has 0 aromatic rings. The Morgan fingerprint density at radius 3 is 0.745 bits per heavy atom. The number of carbonyl (C=O) groups excluding carboxylic acids is 4. The normalized spacial score (nSPS) is 14.5. The summed E-state index contributed by atoms with van der Waals surface area (Å²) in [6.45, 7) is 12.0. The highest BCUT2D eigenvalue weighted by Gasteiger charge is 2.30. The van der Waals surface area contributed by atoms with E-state index in [1.807, 2.05) is 0 Å². The van der Waals surface area contributed by atoms with Crippen LogP contribution in [0, 0.1) is 17.8 Å². The van der Waals surface area contributed by atoms with Gasteiger partial charge in [0.05, 0.1) is 26.4 Å². The summed E-state index contributed by atoms with van der Waals surface area (Å²) in [5.74, 6) is 0.234. The maximum atomic E-state index is 13.1. The van der Waals surface area contributed by atoms with E-state index in [4.69, 9.17) is 37.0 Å². The summed E-state index contributed by atoms with van der Waals surface area (Å²) in [7, 11) is -9.92. The van der Waals surface area contributed by atoms with Crippen molar-refractivity contribution in [2.45, 2.75) is 452 Å². The number of aliphatic hydroxyl groups is 1. The van der Waals surface area contributed by atoms with Gasteiger partial charge in [0.15, 0.2) is 12.2 Å². The number of phosphoric acid groups is 2. The molecule has 0 saturated carbocycles. The Morgan fingerprint density at radius 2 is 0.500 bits per heavy atom. The van der Waals surface area contributed by atoms with E-state index in [9.17, 15) is 43.2 Å². The number of carbonyl (C=O) groups is 4. The van der Waals surface area contributed by atoms with Crippen LogP contribution < -0.4 is 0 Å². The number of rotatable bonds is 81. The molecular weight excluding hydrogens is 1330 g/mol. The van der Waals surface area contributed by atoms with Crippen LogP contribution in [-0.4, -0.2) is 96.7 Å². The predicted molar refractivity (Wildman–Crippen MR) is 418 cm³/mol. The van der Waals surface area contributed by atoms with E-state index >= 15 is 0 Å². The summed E-state index contributed by atoms with van der Waals surface area (Å²) in [6.07, 6.45) is 62.5. The van der Waals surface area contributed by atoms with Crippen LogP contribution in [-0.2, 0) is 65.4 Å². The number of phosphoric ester groups is 2. The fraction of sp³-hybridized carbons (Fsp3) is 0.952. The van der Waals surface area contributed by atoms with Gasteiger partial charge in [-0.1, -0.05) is 382 Å². The first-order valence-electron chi connectivity index (χ1n) is 42.9. The minimum Gasteiger partial charge on any atom is -0.462 e. The van der Waals surface area contributed by atoms with Gasteiger partial charge in [-0.05, 0) is 43.4 Å². The van der Waals surface area contributed by atoms with E-state index in [2.05, 4.69) is 48.5 Å². The number of ether oxygens (including phenoxy) is 4. The third-order valence-corrected chi connectivity index (χ3v) is 22.0. The lowest BCUT2D eigenvalue weighted by atomic mass is 9.99. The molecule has 4 unspecified atom stereocenters. The van der Waals surface area contributed by atoms with Crippen LogP contribution in [0.2, 0.25) is 0 Å². The molecule has 0 aliphatic rings. The van der Waals surface area contributed by atoms with Gasteiger partial charge in [0.25, 0.3) is 0 Å². The second kappa shape index (κ2) is 73.2. The Hall–Kier alpha value is -1.94. The highest BCUT2D eigenvalue weighted by atomic mass is 31.2. The summed E-state index contributed by atoms with van der Waals surface area (Å²) in [6, 6.07) is 0. The maximum Gasteiger partial charge on any atom is 0.472 e. The van der Waals surface area contributed by atoms with E-state index in [-0.39, 0.29) is 25.7 Å². The molecule has 0 rings (SSSR count). The molecule has 0 aromatic heterocycles. The van der Waals surface area contributed by atoms with Crippen molar-refractivity contribution >= 4 is 39.5 Å². The van der Waals surface area contributed by atoms with Crippen molar-refractivity contribution in [3.05, 3.63) is 0 Å². The van der Waals surface area contributed by atoms with Gasteiger partial charge in [-0.2, -0.15) is 0 Å². The molecule has 0 aliphatic carbocycles. The van der Waals surface area contributed by atoms with Crippen LogP contribution in [0.1, 0.15) is 434 Å². The number of esters is 4. The molecule has 0 radical (unpaired) electrons. The average Bonchev–Trinajstić information content (AvgIpc) is 0.917. The van der Waals surface area contributed by atoms with Crippen molar-refractivity contribution < 1.29 is 80.2 Å². The largest absolute Gasteiger partial charge is 0.472 e. The molecule has 606 valence electrons. The first kappa shape index (κ1) is 100. The minimum atomic E-state index is -4.96. The molecule has 0 spiro atoms. The molecule has 0 saturated heterocycles. The number of unbranched alkanes of at least 4 members (excludes halogenated alkanes) is 47. The van der Waals surface area contributed by atoms with Gasteiger partial charge in [0.1, 0.15) is 19.3 Å². The molecule has 0 aliphatic heterocycles. The Balaban J connectivity index is 5.23. The minimum absolute atomic E-state index is 0.105. The molecule has 0 amide bonds. The molecule has 7 atom stereocenters. The van der Waals surface area contributed by atoms with E-state index < -0.39 is 97.5 Å². The van der Waals surface area contributed by atoms with Crippen molar-refractivity contribution in [3.63, 3.8) is 0 Å². The standard InChI is InChI=1S/C83H162O17P2/c1-8-11-12-13-14-15-16-17-18-19-20-21-22-23-24-29-32-35-45-52-59-66-82(87)99-78(70-93-80(85)64-57-50-43-34-31-28-26-25-27-30-33-41-48-55-62-75(6)9-2)72-97-101(89,90)95-68-77(84)69-96-102(91,92)98-73-79(71-94-81(86)65-58-51-44-38-36-40-47-54-61-74(4)5)100-83(88)67-60-53-46-39-37-42-49-56-63-76(7)10-3/h74-79,84H,8-73H2,1-7H3,(H,89,90)(H,91,92)/t75?,76?,77-,78-,79-/m1/s1. The monoisotopic (exact) mass is 1490 g/mol. The summed E-state index contributed by atoms with van der Waals surface area (Å²) < 4.78 is 68.8. The third kappa shape index (κ3) is 73.6. The van der Waals surface area contributed by atoms with E-state index in [1.165, 1.54) is 244 Å². The van der Waals surface area contributed by atoms with Gasteiger partial charge >= 0.3 is 39.5 Å². The molecule has 0 aromatic carbocycles. The van der Waals surface area contributed by atoms with Crippen molar-refractivity contribution in [2.75, 3.05) is 39.6 Å². The molecular formula is C83H162O17P2. The van der Waals surface area contributed by atoms with Crippen LogP contribution in [0.3, 0.4) is 0 Å². The Morgan fingerprint density at radius 1 is 0.284 bits per heavy atom. The Bertz CT molecular complexity index is 1980. The van der Waals surface area contributed by atoms with Gasteiger partial charge in [-0.25, -0.2) is 9.13 Å². The molecule has 102 heavy (non-hydrogen) atoms. The highest BCUT2D eigenvalue weighted by molar-refractivity contribution is 7.47. The summed E-state index contributed by atoms with van der Waals surface area (Å²) >= 11 is 0. The number of hydrogen-bond acceptors (Lipinski definition) is 15. The topological polar surface area (TPSA) is 237 Å². The molecule has 3 N–H and O–H groups in total. The van der Waals surface area contributed by atoms with Crippen LogP contribution in [0.5, 0.6) is 0 Å². The second-order valence-corrected chi connectivity index (χ2v) is 33.7. The van der Waals surface area contributed by atoms with Crippen LogP contribution in [0.25, 0.3) is 0 Å². The van der Waals surface area contributed by atoms with Gasteiger partial charge in [-0.3, -0.25) is 37.3 Å². The fourth-order valence-electron chi connectivity index (χ4n) is 12.8. The second-order valence-electron chi connectivity index (χ2n) is 30.8. The lowest BCUT2D eigenvalue weighted by Crippen LogP contribution is -2.30. The van der Waals surface area contributed by atoms with Crippen molar-refractivity contribution in [1.82, 2.24) is 0 Å². The van der Waals surface area contributed by atoms with Gasteiger partial charge in [0, 0.05) is 25.7 Å². The fourth-order valence-corrected chi connectivity index (χ4v) is 14.4. The summed E-state index contributed by atoms with van der Waals surface area (Å²) in [5.41, 5.74) is 0. The molecule has 0 heterocycles. The van der Waals surface area contributed by atoms with E-state index in [0.29, 0.717) is 25.7 Å². The smallest absolute Gasteiger partial charge is 0.462 e. The van der Waals surface area contributed by atoms with Gasteiger partial charge < -0.3 is 33.8 Å². The quantitative estimate of drug-likeness (QED) is 0.0222. The molecule has 19 heteroatoms. The predicted octanol–water partition coefficient (Wildman–Crippen LogP) is 24.9. The first-order valence-corrected chi connectivity index (χ1v) is 45.9. The van der Waals surface area contributed by atoms with Crippen molar-refractivity contribution in [3.8, 4) is 0 Å². The zero-order valence-electron chi connectivity index (χ0n) is 67.1. The maximum absolute atomic E-state index is 13.1. The van der Waals surface area contributed by atoms with Crippen molar-refractivity contribution in [2.24, 2.45) is 17.8 Å². The van der Waals surface area contributed by atoms with Gasteiger partial charge in [-0.15, -0.1) is 0 Å². The number of hydrogen-bond donors (Lipinski definition) is 3. The van der Waals surface area contributed by atoms with E-state index in [1.54, 1.807) is 0 Å². The zero-order valence-corrected chi connectivity index (χ0v) is 68.9. The van der Waals surface area contributed by atoms with Crippen LogP contribution >= 0.6 is 15.6 Å². The lowest BCUT2D eigenvalue weighted by molar-refractivity contribution is -0.161. The van der Waals surface area contributed by atoms with Crippen LogP contribution in [0.4, 0.5) is 0 Å². The molecule has 17 nitrogen and oxygen atoms in total. The highest BCUT2D eigenvalue weighted by Crippen LogP contribution is 2.45. The first-order chi connectivity index (χ1) is 49.3. The number of aliphatic hydroxyl groups excluding tert-OH is 1. The van der Waals surface area contributed by atoms with E-state index in [0.717, 1.165) is 108 Å². The summed E-state index contributed by atoms with van der Waals surface area (Å²) in [4.78, 5) is 73.1. The van der Waals surface area contributed by atoms with Crippen molar-refractivity contribution in [1.29, 1.82) is 0 Å². The van der Waals surface area contributed by atoms with Crippen LogP contribution in [0.15, 0.2) is 0 Å². The molecule has 0 bridgehead atoms. The van der Waals surface area contributed by atoms with Gasteiger partial charge in [0.2, 0.25) is 0 Å². The zero-order chi connectivity index (χ0) is 75.1. The third-order valence-electron chi connectivity index (χ3n) is 20.1.